The molecule has 0 spiro atoms. The highest BCUT2D eigenvalue weighted by Gasteiger charge is 2.12. The van der Waals surface area contributed by atoms with Gasteiger partial charge in [-0.25, -0.2) is 9.50 Å². The fourth-order valence-corrected chi connectivity index (χ4v) is 2.93. The number of nitrogens with one attached hydrogen (secondary N) is 2. The van der Waals surface area contributed by atoms with E-state index in [1.165, 1.54) is 6.07 Å². The summed E-state index contributed by atoms with van der Waals surface area (Å²) in [6, 6.07) is 7.20. The molecule has 0 aliphatic heterocycles. The molecule has 0 aromatic carbocycles. The summed E-state index contributed by atoms with van der Waals surface area (Å²) in [5.41, 5.74) is 4.90. The number of pyridine rings is 1. The lowest BCUT2D eigenvalue weighted by Gasteiger charge is -2.11. The predicted octanol–water partition coefficient (Wildman–Crippen LogP) is 1.59. The van der Waals surface area contributed by atoms with Crippen molar-refractivity contribution >= 4 is 11.6 Å². The molecule has 130 valence electrons. The van der Waals surface area contributed by atoms with Gasteiger partial charge in [-0.3, -0.25) is 19.7 Å². The Labute approximate surface area is 145 Å². The predicted molar refractivity (Wildman–Crippen MR) is 94.4 cm³/mol. The van der Waals surface area contributed by atoms with Gasteiger partial charge in [-0.1, -0.05) is 6.07 Å². The van der Waals surface area contributed by atoms with Gasteiger partial charge in [0.2, 0.25) is 5.91 Å². The standard InChI is InChI=1S/C18H21N5O2/c1-11-5-4-6-14(20-11)10-19-17(24)8-7-15-12(2)21-16-9-18(25)22-23(16)13(15)3/h4-6,9H,7-8,10H2,1-3H3,(H,19,24)(H,22,25). The number of rotatable bonds is 5. The van der Waals surface area contributed by atoms with Gasteiger partial charge in [-0.2, -0.15) is 0 Å². The van der Waals surface area contributed by atoms with Crippen molar-refractivity contribution in [2.45, 2.75) is 40.2 Å². The largest absolute Gasteiger partial charge is 0.350 e. The number of hydrogen-bond acceptors (Lipinski definition) is 4. The van der Waals surface area contributed by atoms with Crippen molar-refractivity contribution in [3.8, 4) is 0 Å². The fraction of sp³-hybridized carbons (Fsp3) is 0.333. The molecule has 0 bridgehead atoms. The quantitative estimate of drug-likeness (QED) is 0.738. The van der Waals surface area contributed by atoms with Crippen LogP contribution in [-0.2, 0) is 17.8 Å². The molecule has 2 N–H and O–H groups in total. The first-order chi connectivity index (χ1) is 11.9. The molecule has 3 heterocycles. The Bertz CT molecular complexity index is 987. The number of amides is 1. The molecule has 0 unspecified atom stereocenters. The van der Waals surface area contributed by atoms with Crippen molar-refractivity contribution in [3.05, 3.63) is 63.0 Å². The molecule has 0 atom stereocenters. The summed E-state index contributed by atoms with van der Waals surface area (Å²) in [4.78, 5) is 32.4. The fourth-order valence-electron chi connectivity index (χ4n) is 2.93. The topological polar surface area (TPSA) is 92.1 Å². The SMILES string of the molecule is Cc1cccc(CNC(=O)CCc2c(C)nc3cc(=O)[nH]n3c2C)n1. The van der Waals surface area contributed by atoms with Gasteiger partial charge >= 0.3 is 0 Å². The minimum absolute atomic E-state index is 0.0387. The van der Waals surface area contributed by atoms with Crippen molar-refractivity contribution in [3.63, 3.8) is 0 Å². The van der Waals surface area contributed by atoms with Gasteiger partial charge in [0.15, 0.2) is 5.65 Å². The van der Waals surface area contributed by atoms with Crippen LogP contribution >= 0.6 is 0 Å². The number of carbonyl (C=O) groups is 1. The van der Waals surface area contributed by atoms with E-state index in [0.717, 1.165) is 28.3 Å². The second-order valence-corrected chi connectivity index (χ2v) is 6.12. The molecule has 0 radical (unpaired) electrons. The minimum atomic E-state index is -0.185. The van der Waals surface area contributed by atoms with E-state index in [-0.39, 0.29) is 11.5 Å². The average molecular weight is 339 g/mol. The monoisotopic (exact) mass is 339 g/mol. The van der Waals surface area contributed by atoms with E-state index in [4.69, 9.17) is 0 Å². The summed E-state index contributed by atoms with van der Waals surface area (Å²) >= 11 is 0. The molecular weight excluding hydrogens is 318 g/mol. The van der Waals surface area contributed by atoms with Gasteiger partial charge in [0.1, 0.15) is 0 Å². The van der Waals surface area contributed by atoms with E-state index < -0.39 is 0 Å². The lowest BCUT2D eigenvalue weighted by atomic mass is 10.1. The number of hydrogen-bond donors (Lipinski definition) is 2. The van der Waals surface area contributed by atoms with E-state index in [2.05, 4.69) is 20.4 Å². The van der Waals surface area contributed by atoms with Crippen molar-refractivity contribution in [1.29, 1.82) is 0 Å². The molecule has 0 fully saturated rings. The maximum Gasteiger partial charge on any atom is 0.266 e. The van der Waals surface area contributed by atoms with Crippen molar-refractivity contribution in [2.75, 3.05) is 0 Å². The van der Waals surface area contributed by atoms with Gasteiger partial charge in [0, 0.05) is 29.6 Å². The van der Waals surface area contributed by atoms with Crippen LogP contribution in [0.15, 0.2) is 29.1 Å². The Morgan fingerprint density at radius 3 is 2.80 bits per heavy atom. The summed E-state index contributed by atoms with van der Waals surface area (Å²) in [5.74, 6) is -0.0387. The van der Waals surface area contributed by atoms with Crippen LogP contribution in [0.25, 0.3) is 5.65 Å². The van der Waals surface area contributed by atoms with Crippen molar-refractivity contribution in [2.24, 2.45) is 0 Å². The van der Waals surface area contributed by atoms with Gasteiger partial charge < -0.3 is 5.32 Å². The second kappa shape index (κ2) is 6.88. The molecule has 7 heteroatoms. The number of carbonyl (C=O) groups excluding carboxylic acids is 1. The third-order valence-electron chi connectivity index (χ3n) is 4.22. The molecule has 3 rings (SSSR count). The number of aromatic nitrogens is 4. The highest BCUT2D eigenvalue weighted by molar-refractivity contribution is 5.76. The third-order valence-corrected chi connectivity index (χ3v) is 4.22. The maximum atomic E-state index is 12.1. The molecule has 0 aliphatic rings. The van der Waals surface area contributed by atoms with E-state index in [0.29, 0.717) is 25.0 Å². The average Bonchev–Trinajstić information content (AvgIpc) is 2.93. The molecule has 0 saturated heterocycles. The Hall–Kier alpha value is -2.96. The highest BCUT2D eigenvalue weighted by atomic mass is 16.1. The number of nitrogens with zero attached hydrogens (tertiary/aromatic N) is 3. The lowest BCUT2D eigenvalue weighted by Crippen LogP contribution is -2.24. The third kappa shape index (κ3) is 3.76. The molecule has 3 aromatic rings. The zero-order chi connectivity index (χ0) is 18.0. The van der Waals surface area contributed by atoms with Gasteiger partial charge in [0.05, 0.1) is 12.2 Å². The highest BCUT2D eigenvalue weighted by Crippen LogP contribution is 2.15. The van der Waals surface area contributed by atoms with E-state index in [9.17, 15) is 9.59 Å². The number of aromatic amines is 1. The van der Waals surface area contributed by atoms with E-state index in [1.807, 2.05) is 39.0 Å². The second-order valence-electron chi connectivity index (χ2n) is 6.12. The van der Waals surface area contributed by atoms with Gasteiger partial charge in [-0.15, -0.1) is 0 Å². The summed E-state index contributed by atoms with van der Waals surface area (Å²) < 4.78 is 1.67. The molecule has 1 amide bonds. The van der Waals surface area contributed by atoms with Gasteiger partial charge in [0.25, 0.3) is 5.56 Å². The van der Waals surface area contributed by atoms with Crippen LogP contribution in [0.3, 0.4) is 0 Å². The maximum absolute atomic E-state index is 12.1. The molecule has 0 saturated carbocycles. The molecule has 3 aromatic heterocycles. The summed E-state index contributed by atoms with van der Waals surface area (Å²) in [7, 11) is 0. The number of aryl methyl sites for hydroxylation is 3. The Kier molecular flexibility index (Phi) is 4.65. The zero-order valence-corrected chi connectivity index (χ0v) is 14.6. The first kappa shape index (κ1) is 16.9. The first-order valence-electron chi connectivity index (χ1n) is 8.21. The Morgan fingerprint density at radius 2 is 2.04 bits per heavy atom. The van der Waals surface area contributed by atoms with Crippen LogP contribution < -0.4 is 10.9 Å². The van der Waals surface area contributed by atoms with Crippen molar-refractivity contribution < 1.29 is 4.79 Å². The summed E-state index contributed by atoms with van der Waals surface area (Å²) in [6.07, 6.45) is 0.917. The van der Waals surface area contributed by atoms with Crippen LogP contribution in [0.5, 0.6) is 0 Å². The van der Waals surface area contributed by atoms with Crippen LogP contribution in [0.2, 0.25) is 0 Å². The van der Waals surface area contributed by atoms with Crippen LogP contribution in [0, 0.1) is 20.8 Å². The zero-order valence-electron chi connectivity index (χ0n) is 14.6. The molecule has 25 heavy (non-hydrogen) atoms. The lowest BCUT2D eigenvalue weighted by molar-refractivity contribution is -0.121. The smallest absolute Gasteiger partial charge is 0.266 e. The number of fused-ring (bicyclic) bond motifs is 1. The van der Waals surface area contributed by atoms with E-state index in [1.54, 1.807) is 4.52 Å². The first-order valence-corrected chi connectivity index (χ1v) is 8.21. The van der Waals surface area contributed by atoms with Crippen LogP contribution in [-0.4, -0.2) is 25.5 Å². The molecular formula is C18H21N5O2. The molecule has 7 nitrogen and oxygen atoms in total. The van der Waals surface area contributed by atoms with Crippen LogP contribution in [0.1, 0.15) is 34.8 Å². The van der Waals surface area contributed by atoms with Gasteiger partial charge in [-0.05, 0) is 44.9 Å². The van der Waals surface area contributed by atoms with Crippen LogP contribution in [0.4, 0.5) is 0 Å². The summed E-state index contributed by atoms with van der Waals surface area (Å²) in [5, 5.41) is 5.61. The normalized spacial score (nSPS) is 11.0. The summed E-state index contributed by atoms with van der Waals surface area (Å²) in [6.45, 7) is 6.15. The number of H-pyrrole nitrogens is 1. The molecule has 0 aliphatic carbocycles. The minimum Gasteiger partial charge on any atom is -0.350 e. The van der Waals surface area contributed by atoms with E-state index >= 15 is 0 Å². The Morgan fingerprint density at radius 1 is 1.24 bits per heavy atom. The van der Waals surface area contributed by atoms with Crippen molar-refractivity contribution in [1.82, 2.24) is 24.9 Å². The Balaban J connectivity index is 1.66.